The van der Waals surface area contributed by atoms with Crippen LogP contribution in [0.15, 0.2) is 18.2 Å². The standard InChI is InChI=1S/C15H17ClF3NO3S2/c1-4-14(21,24-8-15(17,18)19)13-7-10-6-11(16)9(2)5-12(10)20(13)25(3,22)23/h5-7,21H,4,8H2,1-3H3. The molecule has 0 amide bonds. The zero-order valence-electron chi connectivity index (χ0n) is 13.7. The normalized spacial score (nSPS) is 15.5. The van der Waals surface area contributed by atoms with Gasteiger partial charge in [-0.05, 0) is 37.1 Å². The number of hydrogen-bond acceptors (Lipinski definition) is 4. The first-order valence-corrected chi connectivity index (χ1v) is 10.5. The van der Waals surface area contributed by atoms with E-state index in [9.17, 15) is 26.7 Å². The van der Waals surface area contributed by atoms with Crippen LogP contribution < -0.4 is 0 Å². The number of thioether (sulfide) groups is 1. The summed E-state index contributed by atoms with van der Waals surface area (Å²) in [6, 6.07) is 4.43. The van der Waals surface area contributed by atoms with Gasteiger partial charge < -0.3 is 5.11 Å². The molecule has 0 aliphatic heterocycles. The molecule has 1 unspecified atom stereocenters. The molecule has 1 atom stereocenters. The Morgan fingerprint density at radius 2 is 1.88 bits per heavy atom. The predicted octanol–water partition coefficient (Wildman–Crippen LogP) is 4.26. The molecule has 1 N–H and O–H groups in total. The van der Waals surface area contributed by atoms with Gasteiger partial charge in [0, 0.05) is 10.4 Å². The molecule has 4 nitrogen and oxygen atoms in total. The molecule has 0 bridgehead atoms. The average Bonchev–Trinajstić information content (AvgIpc) is 2.83. The van der Waals surface area contributed by atoms with Crippen LogP contribution in [0.25, 0.3) is 10.9 Å². The number of benzene rings is 1. The van der Waals surface area contributed by atoms with Crippen molar-refractivity contribution in [1.82, 2.24) is 3.97 Å². The third-order valence-corrected chi connectivity index (χ3v) is 6.63. The molecule has 0 saturated heterocycles. The van der Waals surface area contributed by atoms with Gasteiger partial charge in [-0.25, -0.2) is 12.4 Å². The van der Waals surface area contributed by atoms with E-state index in [1.165, 1.54) is 25.1 Å². The Kier molecular flexibility index (Phi) is 5.45. The molecule has 25 heavy (non-hydrogen) atoms. The number of halogens is 4. The maximum atomic E-state index is 12.6. The smallest absolute Gasteiger partial charge is 0.374 e. The number of rotatable bonds is 5. The van der Waals surface area contributed by atoms with Crippen LogP contribution >= 0.6 is 23.4 Å². The van der Waals surface area contributed by atoms with Crippen LogP contribution in [0, 0.1) is 6.92 Å². The van der Waals surface area contributed by atoms with Crippen molar-refractivity contribution < 1.29 is 26.7 Å². The van der Waals surface area contributed by atoms with Crippen LogP contribution in [0.2, 0.25) is 5.02 Å². The summed E-state index contributed by atoms with van der Waals surface area (Å²) in [5, 5.41) is 11.6. The van der Waals surface area contributed by atoms with Gasteiger partial charge in [0.2, 0.25) is 10.0 Å². The molecule has 0 aliphatic rings. The van der Waals surface area contributed by atoms with Gasteiger partial charge in [-0.1, -0.05) is 18.5 Å². The van der Waals surface area contributed by atoms with E-state index in [0.29, 0.717) is 16.0 Å². The lowest BCUT2D eigenvalue weighted by Crippen LogP contribution is -2.29. The lowest BCUT2D eigenvalue weighted by atomic mass is 10.1. The molecule has 140 valence electrons. The molecule has 1 heterocycles. The zero-order valence-corrected chi connectivity index (χ0v) is 16.1. The molecule has 0 radical (unpaired) electrons. The molecule has 1 aromatic carbocycles. The van der Waals surface area contributed by atoms with E-state index in [1.807, 2.05) is 0 Å². The minimum Gasteiger partial charge on any atom is -0.374 e. The van der Waals surface area contributed by atoms with Gasteiger partial charge in [-0.2, -0.15) is 13.2 Å². The SMILES string of the molecule is CCC(O)(SCC(F)(F)F)c1cc2cc(Cl)c(C)cc2n1S(C)(=O)=O. The highest BCUT2D eigenvalue weighted by molar-refractivity contribution is 8.00. The zero-order chi connectivity index (χ0) is 19.2. The molecule has 2 aromatic rings. The number of aryl methyl sites for hydroxylation is 1. The summed E-state index contributed by atoms with van der Waals surface area (Å²) in [4.78, 5) is -2.02. The molecule has 0 fully saturated rings. The molecule has 2 rings (SSSR count). The highest BCUT2D eigenvalue weighted by Gasteiger charge is 2.39. The van der Waals surface area contributed by atoms with Crippen molar-refractivity contribution in [3.8, 4) is 0 Å². The van der Waals surface area contributed by atoms with Gasteiger partial charge >= 0.3 is 6.18 Å². The number of alkyl halides is 3. The van der Waals surface area contributed by atoms with Crippen molar-refractivity contribution in [2.75, 3.05) is 12.0 Å². The highest BCUT2D eigenvalue weighted by Crippen LogP contribution is 2.43. The second-order valence-electron chi connectivity index (χ2n) is 5.76. The van der Waals surface area contributed by atoms with E-state index in [4.69, 9.17) is 11.6 Å². The Morgan fingerprint density at radius 1 is 1.28 bits per heavy atom. The number of aliphatic hydroxyl groups is 1. The van der Waals surface area contributed by atoms with Crippen molar-refractivity contribution in [2.45, 2.75) is 31.4 Å². The topological polar surface area (TPSA) is 59.3 Å². The van der Waals surface area contributed by atoms with E-state index < -0.39 is 26.9 Å². The molecular formula is C15H17ClF3NO3S2. The average molecular weight is 416 g/mol. The summed E-state index contributed by atoms with van der Waals surface area (Å²) >= 11 is 6.31. The van der Waals surface area contributed by atoms with Crippen LogP contribution in [0.1, 0.15) is 24.6 Å². The minimum absolute atomic E-state index is 0.105. The van der Waals surface area contributed by atoms with Crippen molar-refractivity contribution in [3.05, 3.63) is 34.5 Å². The molecular weight excluding hydrogens is 399 g/mol. The Balaban J connectivity index is 2.74. The summed E-state index contributed by atoms with van der Waals surface area (Å²) in [5.74, 6) is -1.30. The maximum Gasteiger partial charge on any atom is 0.397 e. The number of nitrogens with zero attached hydrogens (tertiary/aromatic N) is 1. The summed E-state index contributed by atoms with van der Waals surface area (Å²) < 4.78 is 63.3. The van der Waals surface area contributed by atoms with Crippen LogP contribution in [-0.2, 0) is 15.0 Å². The van der Waals surface area contributed by atoms with E-state index in [-0.39, 0.29) is 29.4 Å². The Labute approximate surface area is 153 Å². The Bertz CT molecular complexity index is 909. The third-order valence-electron chi connectivity index (χ3n) is 3.72. The number of aromatic nitrogens is 1. The van der Waals surface area contributed by atoms with Crippen molar-refractivity contribution in [3.63, 3.8) is 0 Å². The molecule has 0 saturated carbocycles. The maximum absolute atomic E-state index is 12.6. The second-order valence-corrected chi connectivity index (χ2v) is 9.25. The lowest BCUT2D eigenvalue weighted by molar-refractivity contribution is -0.105. The van der Waals surface area contributed by atoms with Gasteiger partial charge in [0.15, 0.2) is 4.93 Å². The number of fused-ring (bicyclic) bond motifs is 1. The third kappa shape index (κ3) is 4.27. The van der Waals surface area contributed by atoms with E-state index in [0.717, 1.165) is 10.2 Å². The van der Waals surface area contributed by atoms with Crippen LogP contribution in [-0.4, -0.2) is 35.7 Å². The van der Waals surface area contributed by atoms with Crippen LogP contribution in [0.3, 0.4) is 0 Å². The first-order valence-electron chi connectivity index (χ1n) is 7.24. The number of hydrogen-bond donors (Lipinski definition) is 1. The second kappa shape index (κ2) is 6.68. The first kappa shape index (κ1) is 20.4. The van der Waals surface area contributed by atoms with E-state index in [1.54, 1.807) is 6.92 Å². The van der Waals surface area contributed by atoms with Gasteiger partial charge in [0.1, 0.15) is 0 Å². The van der Waals surface area contributed by atoms with Gasteiger partial charge in [0.25, 0.3) is 0 Å². The van der Waals surface area contributed by atoms with E-state index in [2.05, 4.69) is 0 Å². The fraction of sp³-hybridized carbons (Fsp3) is 0.467. The summed E-state index contributed by atoms with van der Waals surface area (Å²) in [7, 11) is -3.87. The molecule has 0 aliphatic carbocycles. The van der Waals surface area contributed by atoms with Crippen molar-refractivity contribution >= 4 is 44.3 Å². The van der Waals surface area contributed by atoms with Gasteiger partial charge in [-0.3, -0.25) is 0 Å². The van der Waals surface area contributed by atoms with E-state index >= 15 is 0 Å². The summed E-state index contributed by atoms with van der Waals surface area (Å²) in [6.45, 7) is 3.18. The highest BCUT2D eigenvalue weighted by atomic mass is 35.5. The van der Waals surface area contributed by atoms with Crippen molar-refractivity contribution in [1.29, 1.82) is 0 Å². The minimum atomic E-state index is -4.49. The largest absolute Gasteiger partial charge is 0.397 e. The van der Waals surface area contributed by atoms with Crippen molar-refractivity contribution in [2.24, 2.45) is 0 Å². The fourth-order valence-electron chi connectivity index (χ4n) is 2.50. The molecule has 0 spiro atoms. The summed E-state index contributed by atoms with van der Waals surface area (Å²) in [5.41, 5.74) is 0.758. The Hall–Kier alpha value is -0.900. The fourth-order valence-corrected chi connectivity index (χ4v) is 4.71. The lowest BCUT2D eigenvalue weighted by Gasteiger charge is -2.28. The molecule has 1 aromatic heterocycles. The first-order chi connectivity index (χ1) is 11.3. The van der Waals surface area contributed by atoms with Crippen LogP contribution in [0.5, 0.6) is 0 Å². The molecule has 10 heteroatoms. The van der Waals surface area contributed by atoms with Gasteiger partial charge in [-0.15, -0.1) is 11.8 Å². The monoisotopic (exact) mass is 415 g/mol. The van der Waals surface area contributed by atoms with Gasteiger partial charge in [0.05, 0.1) is 23.2 Å². The summed E-state index contributed by atoms with van der Waals surface area (Å²) in [6.07, 6.45) is -3.66. The van der Waals surface area contributed by atoms with Crippen LogP contribution in [0.4, 0.5) is 13.2 Å². The predicted molar refractivity (Wildman–Crippen MR) is 94.6 cm³/mol. The Morgan fingerprint density at radius 3 is 2.36 bits per heavy atom. The quantitative estimate of drug-likeness (QED) is 0.741.